The number of piperidine rings is 1. The normalized spacial score (nSPS) is 24.9. The van der Waals surface area contributed by atoms with Crippen LogP contribution >= 0.6 is 21.6 Å². The zero-order valence-electron chi connectivity index (χ0n) is 28.3. The number of carbonyl (C=O) groups excluding carboxylic acids is 2. The van der Waals surface area contributed by atoms with E-state index in [2.05, 4.69) is 75.9 Å². The summed E-state index contributed by atoms with van der Waals surface area (Å²) in [5, 5.41) is 18.3. The maximum atomic E-state index is 12.9. The molecule has 10 heteroatoms. The van der Waals surface area contributed by atoms with E-state index in [0.717, 1.165) is 61.2 Å². The molecule has 1 fully saturated rings. The van der Waals surface area contributed by atoms with Gasteiger partial charge in [0.1, 0.15) is 11.9 Å². The lowest BCUT2D eigenvalue weighted by Crippen LogP contribution is -2.61. The van der Waals surface area contributed by atoms with Crippen LogP contribution in [0.4, 0.5) is 0 Å². The van der Waals surface area contributed by atoms with Crippen molar-refractivity contribution in [2.75, 3.05) is 19.4 Å². The number of benzene rings is 2. The Morgan fingerprint density at radius 2 is 2.00 bits per heavy atom. The summed E-state index contributed by atoms with van der Waals surface area (Å²) >= 11 is 0. The Morgan fingerprint density at radius 1 is 1.14 bits per heavy atom. The Bertz CT molecular complexity index is 1700. The second kappa shape index (κ2) is 16.3. The predicted octanol–water partition coefficient (Wildman–Crippen LogP) is 6.91. The summed E-state index contributed by atoms with van der Waals surface area (Å²) in [7, 11) is 5.40. The van der Waals surface area contributed by atoms with Crippen LogP contribution in [0.2, 0.25) is 0 Å². The van der Waals surface area contributed by atoms with Crippen LogP contribution in [-0.2, 0) is 29.0 Å². The fourth-order valence-corrected chi connectivity index (χ4v) is 11.0. The molecule has 4 atom stereocenters. The Kier molecular flexibility index (Phi) is 11.7. The molecule has 3 aliphatic rings. The van der Waals surface area contributed by atoms with Gasteiger partial charge in [-0.1, -0.05) is 77.4 Å². The van der Waals surface area contributed by atoms with Crippen molar-refractivity contribution in [3.05, 3.63) is 107 Å². The number of imidazole rings is 1. The average Bonchev–Trinajstić information content (AvgIpc) is 3.62. The van der Waals surface area contributed by atoms with Crippen molar-refractivity contribution in [1.29, 1.82) is 0 Å². The molecule has 2 aromatic carbocycles. The average molecular weight is 699 g/mol. The third-order valence-corrected chi connectivity index (χ3v) is 13.4. The molecule has 49 heavy (non-hydrogen) atoms. The van der Waals surface area contributed by atoms with Gasteiger partial charge in [0.2, 0.25) is 0 Å². The number of fused-ring (bicyclic) bond motifs is 2. The van der Waals surface area contributed by atoms with E-state index in [0.29, 0.717) is 30.4 Å². The number of aromatic nitrogens is 2. The molecule has 6 rings (SSSR count). The smallest absolute Gasteiger partial charge is 0.163 e. The molecule has 3 aliphatic heterocycles. The van der Waals surface area contributed by atoms with Gasteiger partial charge in [-0.3, -0.25) is 14.9 Å². The van der Waals surface area contributed by atoms with E-state index in [9.17, 15) is 14.7 Å². The second-order valence-electron chi connectivity index (χ2n) is 13.3. The third-order valence-electron chi connectivity index (χ3n) is 9.98. The summed E-state index contributed by atoms with van der Waals surface area (Å²) in [6.45, 7) is 3.84. The number of allylic oxidation sites excluding steroid dienone is 3. The van der Waals surface area contributed by atoms with E-state index >= 15 is 0 Å². The molecule has 4 heterocycles. The van der Waals surface area contributed by atoms with Gasteiger partial charge in [0.05, 0.1) is 24.6 Å². The van der Waals surface area contributed by atoms with Crippen LogP contribution in [0.3, 0.4) is 0 Å². The summed E-state index contributed by atoms with van der Waals surface area (Å²) in [6, 6.07) is 14.2. The molecule has 3 aromatic rings. The molecule has 1 aromatic heterocycles. The summed E-state index contributed by atoms with van der Waals surface area (Å²) in [4.78, 5) is 30.2. The number of Topliss-reactive ketones (excluding diaryl/α,β-unsaturated/α-hetero) is 1. The number of rotatable bonds is 7. The van der Waals surface area contributed by atoms with Gasteiger partial charge >= 0.3 is 0 Å². The molecular formula is C39H46N4O4S2. The summed E-state index contributed by atoms with van der Waals surface area (Å²) < 4.78 is 7.37. The number of aromatic hydroxyl groups is 1. The summed E-state index contributed by atoms with van der Waals surface area (Å²) in [5.41, 5.74) is 5.34. The first-order valence-electron chi connectivity index (χ1n) is 17.2. The van der Waals surface area contributed by atoms with E-state index in [1.165, 1.54) is 24.3 Å². The zero-order chi connectivity index (χ0) is 34.2. The minimum Gasteiger partial charge on any atom is -0.504 e. The highest BCUT2D eigenvalue weighted by atomic mass is 33.1. The van der Waals surface area contributed by atoms with E-state index in [-0.39, 0.29) is 34.6 Å². The van der Waals surface area contributed by atoms with E-state index < -0.39 is 0 Å². The Hall–Kier alpha value is -3.73. The molecule has 0 radical (unpaired) electrons. The highest BCUT2D eigenvalue weighted by Gasteiger charge is 2.49. The van der Waals surface area contributed by atoms with Crippen molar-refractivity contribution in [3.8, 4) is 11.5 Å². The number of carbonyl (C=O) groups is 2. The van der Waals surface area contributed by atoms with Gasteiger partial charge in [0, 0.05) is 43.9 Å². The van der Waals surface area contributed by atoms with Crippen molar-refractivity contribution in [1.82, 2.24) is 20.2 Å². The number of ether oxygens (including phenoxy) is 1. The Balaban J connectivity index is 1.43. The number of ketones is 2. The summed E-state index contributed by atoms with van der Waals surface area (Å²) in [5.74, 6) is 1.75. The van der Waals surface area contributed by atoms with Crippen LogP contribution in [-0.4, -0.2) is 56.5 Å². The first-order valence-corrected chi connectivity index (χ1v) is 19.5. The lowest BCUT2D eigenvalue weighted by molar-refractivity contribution is -0.124. The molecule has 258 valence electrons. The standard InChI is InChI=1S/C39H46N4O4S2/c1-3-27-10-13-33(44)21-34(45)14-11-30-20-37(47-2)36(46)19-31(30)17-29-18-35-38(41-22-29)42-23-32(12-9-28-7-5-4-6-8-28)39(35,49-48-24-27)25-43-16-15-40-26-43/h4-8,11,14-16,18-20,22,26-27,32,38,41-42,46H,3,9-10,12-13,17,21,23-25H2,1-2H3. The van der Waals surface area contributed by atoms with Gasteiger partial charge in [-0.15, -0.1) is 0 Å². The van der Waals surface area contributed by atoms with Crippen molar-refractivity contribution in [2.45, 2.75) is 69.3 Å². The Labute approximate surface area is 297 Å². The second-order valence-corrected chi connectivity index (χ2v) is 15.9. The molecule has 0 spiro atoms. The lowest BCUT2D eigenvalue weighted by Gasteiger charge is -2.50. The van der Waals surface area contributed by atoms with Crippen molar-refractivity contribution in [2.24, 2.45) is 11.8 Å². The fourth-order valence-electron chi connectivity index (χ4n) is 7.09. The number of methoxy groups -OCH3 is 1. The fraction of sp³-hybridized carbons (Fsp3) is 0.410. The number of hydrogen-bond donors (Lipinski definition) is 3. The SMILES string of the molecule is CCC1CCC(=O)CC(=O)C=Cc2cc(OC)c(O)cc2CC2=CNC3NCC(CCc4ccccc4)C(Cn4ccnc4)(SSC1)C3=C2. The molecule has 3 N–H and O–H groups in total. The van der Waals surface area contributed by atoms with E-state index in [1.807, 2.05) is 34.1 Å². The number of hydrogen-bond acceptors (Lipinski definition) is 9. The van der Waals surface area contributed by atoms with Gasteiger partial charge in [-0.05, 0) is 83.6 Å². The van der Waals surface area contributed by atoms with E-state index in [4.69, 9.17) is 4.74 Å². The monoisotopic (exact) mass is 698 g/mol. The van der Waals surface area contributed by atoms with Crippen LogP contribution < -0.4 is 15.4 Å². The van der Waals surface area contributed by atoms with E-state index in [1.54, 1.807) is 18.2 Å². The highest BCUT2D eigenvalue weighted by molar-refractivity contribution is 8.77. The number of nitrogens with zero attached hydrogens (tertiary/aromatic N) is 2. The molecule has 0 saturated carbocycles. The Morgan fingerprint density at radius 3 is 2.78 bits per heavy atom. The molecule has 1 saturated heterocycles. The minimum atomic E-state index is -0.265. The highest BCUT2D eigenvalue weighted by Crippen LogP contribution is 2.53. The maximum absolute atomic E-state index is 12.9. The number of aryl methyl sites for hydroxylation is 1. The number of nitrogens with one attached hydrogen (secondary N) is 2. The quantitative estimate of drug-likeness (QED) is 0.179. The first kappa shape index (κ1) is 35.1. The molecule has 4 unspecified atom stereocenters. The first-order chi connectivity index (χ1) is 23.9. The van der Waals surface area contributed by atoms with Crippen molar-refractivity contribution in [3.63, 3.8) is 0 Å². The molecule has 0 aliphatic carbocycles. The van der Waals surface area contributed by atoms with Gasteiger partial charge in [-0.25, -0.2) is 4.98 Å². The number of phenols is 1. The summed E-state index contributed by atoms with van der Waals surface area (Å²) in [6.07, 6.45) is 18.0. The predicted molar refractivity (Wildman–Crippen MR) is 199 cm³/mol. The van der Waals surface area contributed by atoms with Crippen LogP contribution in [0.1, 0.15) is 55.7 Å². The number of phenolic OH excluding ortho intramolecular Hbond substituents is 1. The molecule has 2 bridgehead atoms. The van der Waals surface area contributed by atoms with Crippen LogP contribution in [0, 0.1) is 11.8 Å². The zero-order valence-corrected chi connectivity index (χ0v) is 29.9. The van der Waals surface area contributed by atoms with Gasteiger partial charge in [-0.2, -0.15) is 0 Å². The molecular weight excluding hydrogens is 653 g/mol. The van der Waals surface area contributed by atoms with Crippen molar-refractivity contribution < 1.29 is 19.4 Å². The van der Waals surface area contributed by atoms with Crippen LogP contribution in [0.5, 0.6) is 11.5 Å². The molecule has 8 nitrogen and oxygen atoms in total. The van der Waals surface area contributed by atoms with Gasteiger partial charge < -0.3 is 19.7 Å². The maximum Gasteiger partial charge on any atom is 0.163 e. The largest absolute Gasteiger partial charge is 0.504 e. The minimum absolute atomic E-state index is 0.0231. The third kappa shape index (κ3) is 8.53. The topological polar surface area (TPSA) is 105 Å². The van der Waals surface area contributed by atoms with Crippen LogP contribution in [0.15, 0.2) is 90.7 Å². The van der Waals surface area contributed by atoms with Gasteiger partial charge in [0.15, 0.2) is 17.3 Å². The van der Waals surface area contributed by atoms with Crippen LogP contribution in [0.25, 0.3) is 6.08 Å². The number of dihydropyridines is 1. The molecule has 0 amide bonds. The van der Waals surface area contributed by atoms with Gasteiger partial charge in [0.25, 0.3) is 0 Å². The lowest BCUT2D eigenvalue weighted by atomic mass is 9.75. The van der Waals surface area contributed by atoms with Crippen molar-refractivity contribution >= 4 is 39.2 Å².